The average Bonchev–Trinajstić information content (AvgIpc) is 2.85. The number of aryl methyl sites for hydroxylation is 1. The Balaban J connectivity index is 1.27. The highest BCUT2D eigenvalue weighted by Gasteiger charge is 2.15. The molecule has 0 bridgehead atoms. The minimum atomic E-state index is -0.669. The number of hydrogen-bond acceptors (Lipinski definition) is 1. The van der Waals surface area contributed by atoms with Crippen LogP contribution in [0, 0.1) is 0 Å². The lowest BCUT2D eigenvalue weighted by atomic mass is 9.86. The summed E-state index contributed by atoms with van der Waals surface area (Å²) in [7, 11) is 0. The molecule has 0 amide bonds. The number of fused-ring (bicyclic) bond motifs is 2. The van der Waals surface area contributed by atoms with E-state index in [1.54, 1.807) is 0 Å². The van der Waals surface area contributed by atoms with Crippen molar-refractivity contribution in [1.82, 2.24) is 0 Å². The Kier molecular flexibility index (Phi) is 6.94. The number of hydrogen-bond donors (Lipinski definition) is 1. The largest absolute Gasteiger partial charge is 0.481 e. The Morgan fingerprint density at radius 2 is 1.06 bits per heavy atom. The van der Waals surface area contributed by atoms with E-state index in [2.05, 4.69) is 66.7 Å². The van der Waals surface area contributed by atoms with E-state index in [0.29, 0.717) is 6.42 Å². The SMILES string of the molecule is O=C(O)CCCCCCCCCCCc1ccc2cccc3c4cccc5cccc(c1c23)c54. The van der Waals surface area contributed by atoms with Gasteiger partial charge in [0, 0.05) is 6.42 Å². The summed E-state index contributed by atoms with van der Waals surface area (Å²) in [6, 6.07) is 24.9. The second-order valence-electron chi connectivity index (χ2n) is 9.79. The van der Waals surface area contributed by atoms with E-state index in [9.17, 15) is 4.79 Å². The average molecular weight is 451 g/mol. The van der Waals surface area contributed by atoms with Gasteiger partial charge in [-0.25, -0.2) is 0 Å². The van der Waals surface area contributed by atoms with E-state index >= 15 is 0 Å². The van der Waals surface area contributed by atoms with Crippen LogP contribution in [0.15, 0.2) is 66.7 Å². The molecule has 0 aliphatic rings. The predicted molar refractivity (Wildman–Crippen MR) is 145 cm³/mol. The molecule has 0 fully saturated rings. The van der Waals surface area contributed by atoms with Crippen LogP contribution in [0.5, 0.6) is 0 Å². The first-order chi connectivity index (χ1) is 16.7. The highest BCUT2D eigenvalue weighted by molar-refractivity contribution is 6.33. The van der Waals surface area contributed by atoms with Crippen LogP contribution in [0.1, 0.15) is 69.8 Å². The van der Waals surface area contributed by atoms with Crippen molar-refractivity contribution < 1.29 is 9.90 Å². The first-order valence-electron chi connectivity index (χ1n) is 13.0. The molecule has 0 aliphatic heterocycles. The summed E-state index contributed by atoms with van der Waals surface area (Å²) in [5.74, 6) is -0.669. The summed E-state index contributed by atoms with van der Waals surface area (Å²) < 4.78 is 0. The van der Waals surface area contributed by atoms with Crippen LogP contribution >= 0.6 is 0 Å². The Bertz CT molecular complexity index is 1410. The van der Waals surface area contributed by atoms with Crippen molar-refractivity contribution in [3.05, 3.63) is 72.3 Å². The molecule has 0 saturated heterocycles. The third kappa shape index (κ3) is 4.59. The van der Waals surface area contributed by atoms with Crippen molar-refractivity contribution >= 4 is 49.1 Å². The molecule has 0 saturated carbocycles. The molecule has 174 valence electrons. The lowest BCUT2D eigenvalue weighted by Crippen LogP contribution is -1.93. The van der Waals surface area contributed by atoms with E-state index in [1.807, 2.05) is 0 Å². The molecule has 0 aromatic heterocycles. The second kappa shape index (κ2) is 10.4. The van der Waals surface area contributed by atoms with Crippen LogP contribution in [-0.4, -0.2) is 11.1 Å². The number of rotatable bonds is 12. The topological polar surface area (TPSA) is 37.3 Å². The Hall–Kier alpha value is -3.13. The van der Waals surface area contributed by atoms with E-state index in [1.165, 1.54) is 93.6 Å². The molecule has 0 aliphatic carbocycles. The maximum atomic E-state index is 10.6. The highest BCUT2D eigenvalue weighted by Crippen LogP contribution is 2.41. The standard InChI is InChI=1S/C32H34O2/c33-29(34)20-9-7-5-3-1-2-4-6-8-13-24-21-22-25-16-11-18-27-26-17-10-14-23-15-12-19-28(30(23)26)32(24)31(25)27/h10-12,14-19,21-22H,1-9,13,20H2,(H,33,34). The molecule has 34 heavy (non-hydrogen) atoms. The van der Waals surface area contributed by atoms with Crippen LogP contribution < -0.4 is 0 Å². The zero-order valence-electron chi connectivity index (χ0n) is 20.0. The highest BCUT2D eigenvalue weighted by atomic mass is 16.4. The van der Waals surface area contributed by atoms with Gasteiger partial charge in [-0.05, 0) is 67.9 Å². The molecule has 0 radical (unpaired) electrons. The van der Waals surface area contributed by atoms with Gasteiger partial charge in [0.05, 0.1) is 0 Å². The van der Waals surface area contributed by atoms with Crippen molar-refractivity contribution in [2.45, 2.75) is 70.6 Å². The number of benzene rings is 5. The summed E-state index contributed by atoms with van der Waals surface area (Å²) in [6.07, 6.45) is 12.1. The van der Waals surface area contributed by atoms with Gasteiger partial charge >= 0.3 is 5.97 Å². The van der Waals surface area contributed by atoms with Crippen molar-refractivity contribution in [1.29, 1.82) is 0 Å². The lowest BCUT2D eigenvalue weighted by Gasteiger charge is -2.17. The molecule has 5 aromatic carbocycles. The molecular weight excluding hydrogens is 416 g/mol. The van der Waals surface area contributed by atoms with Crippen molar-refractivity contribution in [3.8, 4) is 0 Å². The van der Waals surface area contributed by atoms with Gasteiger partial charge in [-0.2, -0.15) is 0 Å². The second-order valence-corrected chi connectivity index (χ2v) is 9.79. The van der Waals surface area contributed by atoms with Crippen LogP contribution in [0.25, 0.3) is 43.1 Å². The van der Waals surface area contributed by atoms with Gasteiger partial charge in [0.2, 0.25) is 0 Å². The van der Waals surface area contributed by atoms with Crippen LogP contribution in [-0.2, 0) is 11.2 Å². The van der Waals surface area contributed by atoms with E-state index in [-0.39, 0.29) is 0 Å². The van der Waals surface area contributed by atoms with E-state index in [4.69, 9.17) is 5.11 Å². The summed E-state index contributed by atoms with van der Waals surface area (Å²) >= 11 is 0. The molecule has 5 rings (SSSR count). The normalized spacial score (nSPS) is 11.9. The maximum absolute atomic E-state index is 10.6. The fraction of sp³-hybridized carbons (Fsp3) is 0.344. The molecular formula is C32H34O2. The predicted octanol–water partition coefficient (Wildman–Crippen LogP) is 9.27. The quantitative estimate of drug-likeness (QED) is 0.117. The minimum absolute atomic E-state index is 0.318. The summed E-state index contributed by atoms with van der Waals surface area (Å²) in [5.41, 5.74) is 1.49. The first-order valence-corrected chi connectivity index (χ1v) is 13.0. The van der Waals surface area contributed by atoms with Crippen LogP contribution in [0.4, 0.5) is 0 Å². The zero-order chi connectivity index (χ0) is 23.3. The first kappa shape index (κ1) is 22.7. The summed E-state index contributed by atoms with van der Waals surface area (Å²) in [4.78, 5) is 10.6. The zero-order valence-corrected chi connectivity index (χ0v) is 20.0. The fourth-order valence-corrected chi connectivity index (χ4v) is 5.77. The van der Waals surface area contributed by atoms with E-state index in [0.717, 1.165) is 19.3 Å². The number of carboxylic acid groups (broad SMARTS) is 1. The molecule has 0 heterocycles. The van der Waals surface area contributed by atoms with Crippen molar-refractivity contribution in [2.75, 3.05) is 0 Å². The van der Waals surface area contributed by atoms with Gasteiger partial charge in [-0.1, -0.05) is 112 Å². The van der Waals surface area contributed by atoms with Gasteiger partial charge in [-0.3, -0.25) is 4.79 Å². The Morgan fingerprint density at radius 3 is 1.71 bits per heavy atom. The molecule has 2 nitrogen and oxygen atoms in total. The number of carboxylic acids is 1. The van der Waals surface area contributed by atoms with Crippen molar-refractivity contribution in [3.63, 3.8) is 0 Å². The number of unbranched alkanes of at least 4 members (excludes halogenated alkanes) is 8. The van der Waals surface area contributed by atoms with Crippen molar-refractivity contribution in [2.24, 2.45) is 0 Å². The molecule has 5 aromatic rings. The Morgan fingerprint density at radius 1 is 0.529 bits per heavy atom. The minimum Gasteiger partial charge on any atom is -0.481 e. The van der Waals surface area contributed by atoms with E-state index < -0.39 is 5.97 Å². The van der Waals surface area contributed by atoms with Gasteiger partial charge in [-0.15, -0.1) is 0 Å². The lowest BCUT2D eigenvalue weighted by molar-refractivity contribution is -0.137. The molecule has 1 N–H and O–H groups in total. The summed E-state index contributed by atoms with van der Waals surface area (Å²) in [6.45, 7) is 0. The van der Waals surface area contributed by atoms with Gasteiger partial charge in [0.25, 0.3) is 0 Å². The third-order valence-electron chi connectivity index (χ3n) is 7.43. The number of carbonyl (C=O) groups is 1. The van der Waals surface area contributed by atoms with Gasteiger partial charge in [0.15, 0.2) is 0 Å². The third-order valence-corrected chi connectivity index (χ3v) is 7.43. The van der Waals surface area contributed by atoms with Gasteiger partial charge in [0.1, 0.15) is 0 Å². The van der Waals surface area contributed by atoms with Gasteiger partial charge < -0.3 is 5.11 Å². The maximum Gasteiger partial charge on any atom is 0.303 e. The van der Waals surface area contributed by atoms with Crippen LogP contribution in [0.2, 0.25) is 0 Å². The molecule has 0 unspecified atom stereocenters. The smallest absolute Gasteiger partial charge is 0.303 e. The molecule has 0 spiro atoms. The molecule has 0 atom stereocenters. The number of aliphatic carboxylic acids is 1. The fourth-order valence-electron chi connectivity index (χ4n) is 5.77. The molecule has 2 heteroatoms. The monoisotopic (exact) mass is 450 g/mol. The van der Waals surface area contributed by atoms with Crippen LogP contribution in [0.3, 0.4) is 0 Å². The Labute approximate surface area is 201 Å². The summed E-state index contributed by atoms with van der Waals surface area (Å²) in [5, 5.41) is 19.8.